The molecule has 0 aliphatic rings. The molecule has 0 atom stereocenters. The normalized spacial score (nSPS) is 10.6. The molecule has 84 valence electrons. The zero-order chi connectivity index (χ0) is 11.2. The van der Waals surface area contributed by atoms with Gasteiger partial charge < -0.3 is 9.84 Å². The molecule has 0 aromatic carbocycles. The van der Waals surface area contributed by atoms with E-state index in [2.05, 4.69) is 25.4 Å². The van der Waals surface area contributed by atoms with Gasteiger partial charge in [-0.05, 0) is 26.1 Å². The van der Waals surface area contributed by atoms with Crippen molar-refractivity contribution in [2.45, 2.75) is 12.8 Å². The molecule has 0 amide bonds. The van der Waals surface area contributed by atoms with Crippen molar-refractivity contribution in [3.63, 3.8) is 0 Å². The molecule has 6 nitrogen and oxygen atoms in total. The summed E-state index contributed by atoms with van der Waals surface area (Å²) in [6.45, 7) is 0.930. The first-order chi connectivity index (χ1) is 7.90. The first-order valence-electron chi connectivity index (χ1n) is 5.14. The maximum absolute atomic E-state index is 5.10. The van der Waals surface area contributed by atoms with Gasteiger partial charge in [0.2, 0.25) is 17.5 Å². The first kappa shape index (κ1) is 10.7. The minimum absolute atomic E-state index is 0.444. The number of nitrogens with one attached hydrogen (secondary N) is 1. The second kappa shape index (κ2) is 5.32. The van der Waals surface area contributed by atoms with E-state index in [-0.39, 0.29) is 0 Å². The van der Waals surface area contributed by atoms with Crippen LogP contribution < -0.4 is 5.32 Å². The largest absolute Gasteiger partial charge is 0.339 e. The van der Waals surface area contributed by atoms with Gasteiger partial charge in [-0.25, -0.2) is 9.97 Å². The van der Waals surface area contributed by atoms with Crippen molar-refractivity contribution in [3.8, 4) is 11.6 Å². The van der Waals surface area contributed by atoms with Crippen molar-refractivity contribution >= 4 is 0 Å². The Morgan fingerprint density at radius 3 is 2.81 bits per heavy atom. The zero-order valence-corrected chi connectivity index (χ0v) is 9.05. The molecule has 0 bridgehead atoms. The number of nitrogens with zero attached hydrogens (tertiary/aromatic N) is 4. The molecular formula is C10H13N5O. The maximum Gasteiger partial charge on any atom is 0.240 e. The van der Waals surface area contributed by atoms with Gasteiger partial charge in [0.15, 0.2) is 0 Å². The van der Waals surface area contributed by atoms with E-state index in [0.717, 1.165) is 19.4 Å². The predicted octanol–water partition coefficient (Wildman–Crippen LogP) is 0.679. The highest BCUT2D eigenvalue weighted by molar-refractivity contribution is 5.40. The van der Waals surface area contributed by atoms with Crippen molar-refractivity contribution in [2.75, 3.05) is 13.6 Å². The van der Waals surface area contributed by atoms with Crippen LogP contribution in [0.1, 0.15) is 12.3 Å². The summed E-state index contributed by atoms with van der Waals surface area (Å²) in [6.07, 6.45) is 5.03. The smallest absolute Gasteiger partial charge is 0.240 e. The van der Waals surface area contributed by atoms with Crippen LogP contribution in [-0.4, -0.2) is 33.7 Å². The molecule has 2 aromatic heterocycles. The van der Waals surface area contributed by atoms with Gasteiger partial charge in [-0.1, -0.05) is 5.16 Å². The molecule has 0 aliphatic heterocycles. The first-order valence-corrected chi connectivity index (χ1v) is 5.14. The van der Waals surface area contributed by atoms with E-state index in [1.54, 1.807) is 18.5 Å². The molecule has 1 N–H and O–H groups in total. The highest BCUT2D eigenvalue weighted by Crippen LogP contribution is 2.09. The Kier molecular flexibility index (Phi) is 3.55. The molecule has 0 radical (unpaired) electrons. The van der Waals surface area contributed by atoms with Crippen LogP contribution in [0.25, 0.3) is 11.6 Å². The fourth-order valence-electron chi connectivity index (χ4n) is 1.28. The van der Waals surface area contributed by atoms with Gasteiger partial charge in [0.25, 0.3) is 0 Å². The van der Waals surface area contributed by atoms with Gasteiger partial charge >= 0.3 is 0 Å². The van der Waals surface area contributed by atoms with Crippen LogP contribution in [0.5, 0.6) is 0 Å². The third kappa shape index (κ3) is 2.60. The van der Waals surface area contributed by atoms with Crippen LogP contribution in [0.3, 0.4) is 0 Å². The van der Waals surface area contributed by atoms with Gasteiger partial charge in [-0.15, -0.1) is 0 Å². The monoisotopic (exact) mass is 219 g/mol. The summed E-state index contributed by atoms with van der Waals surface area (Å²) in [5, 5.41) is 6.90. The topological polar surface area (TPSA) is 76.7 Å². The lowest BCUT2D eigenvalue weighted by Gasteiger charge is -1.93. The Morgan fingerprint density at radius 2 is 2.06 bits per heavy atom. The van der Waals surface area contributed by atoms with E-state index in [0.29, 0.717) is 17.5 Å². The van der Waals surface area contributed by atoms with E-state index in [4.69, 9.17) is 4.52 Å². The Morgan fingerprint density at radius 1 is 1.25 bits per heavy atom. The molecule has 0 saturated heterocycles. The Hall–Kier alpha value is -1.82. The second-order valence-electron chi connectivity index (χ2n) is 3.29. The van der Waals surface area contributed by atoms with E-state index in [1.165, 1.54) is 0 Å². The van der Waals surface area contributed by atoms with Gasteiger partial charge in [0.1, 0.15) is 0 Å². The maximum atomic E-state index is 5.10. The van der Waals surface area contributed by atoms with Crippen molar-refractivity contribution < 1.29 is 4.52 Å². The van der Waals surface area contributed by atoms with Crippen LogP contribution in [-0.2, 0) is 6.42 Å². The van der Waals surface area contributed by atoms with Crippen molar-refractivity contribution in [1.29, 1.82) is 0 Å². The molecule has 0 aliphatic carbocycles. The summed E-state index contributed by atoms with van der Waals surface area (Å²) in [7, 11) is 1.91. The molecule has 0 unspecified atom stereocenters. The average Bonchev–Trinajstić information content (AvgIpc) is 2.79. The van der Waals surface area contributed by atoms with Crippen molar-refractivity contribution in [1.82, 2.24) is 25.4 Å². The minimum Gasteiger partial charge on any atom is -0.339 e. The summed E-state index contributed by atoms with van der Waals surface area (Å²) in [6, 6.07) is 1.75. The molecule has 2 aromatic rings. The molecular weight excluding hydrogens is 206 g/mol. The number of hydrogen-bond acceptors (Lipinski definition) is 6. The van der Waals surface area contributed by atoms with Crippen LogP contribution in [0.4, 0.5) is 0 Å². The summed E-state index contributed by atoms with van der Waals surface area (Å²) in [4.78, 5) is 12.3. The lowest BCUT2D eigenvalue weighted by Crippen LogP contribution is -2.08. The Labute approximate surface area is 93.1 Å². The van der Waals surface area contributed by atoms with Gasteiger partial charge in [-0.3, -0.25) is 0 Å². The van der Waals surface area contributed by atoms with Crippen molar-refractivity contribution in [2.24, 2.45) is 0 Å². The van der Waals surface area contributed by atoms with Gasteiger partial charge in [0, 0.05) is 18.8 Å². The van der Waals surface area contributed by atoms with Gasteiger partial charge in [0.05, 0.1) is 0 Å². The fourth-order valence-corrected chi connectivity index (χ4v) is 1.28. The number of hydrogen-bond donors (Lipinski definition) is 1. The van der Waals surface area contributed by atoms with E-state index < -0.39 is 0 Å². The summed E-state index contributed by atoms with van der Waals surface area (Å²) < 4.78 is 5.10. The fraction of sp³-hybridized carbons (Fsp3) is 0.400. The molecule has 2 rings (SSSR count). The average molecular weight is 219 g/mol. The molecule has 0 saturated carbocycles. The summed E-state index contributed by atoms with van der Waals surface area (Å²) >= 11 is 0. The van der Waals surface area contributed by atoms with E-state index >= 15 is 0 Å². The third-order valence-electron chi connectivity index (χ3n) is 2.05. The molecule has 0 spiro atoms. The Balaban J connectivity index is 2.02. The number of aryl methyl sites for hydroxylation is 1. The molecule has 2 heterocycles. The predicted molar refractivity (Wildman–Crippen MR) is 57.6 cm³/mol. The van der Waals surface area contributed by atoms with Crippen LogP contribution in [0.2, 0.25) is 0 Å². The summed E-state index contributed by atoms with van der Waals surface area (Å²) in [5.74, 6) is 1.56. The number of aromatic nitrogens is 4. The highest BCUT2D eigenvalue weighted by atomic mass is 16.5. The van der Waals surface area contributed by atoms with Crippen molar-refractivity contribution in [3.05, 3.63) is 24.4 Å². The van der Waals surface area contributed by atoms with Crippen LogP contribution in [0, 0.1) is 0 Å². The third-order valence-corrected chi connectivity index (χ3v) is 2.05. The lowest BCUT2D eigenvalue weighted by atomic mass is 10.3. The molecule has 0 fully saturated rings. The zero-order valence-electron chi connectivity index (χ0n) is 9.05. The number of rotatable bonds is 5. The quantitative estimate of drug-likeness (QED) is 0.745. The summed E-state index contributed by atoms with van der Waals surface area (Å²) in [5.41, 5.74) is 0. The van der Waals surface area contributed by atoms with Crippen LogP contribution >= 0.6 is 0 Å². The van der Waals surface area contributed by atoms with Crippen LogP contribution in [0.15, 0.2) is 23.0 Å². The Bertz CT molecular complexity index is 428. The van der Waals surface area contributed by atoms with Gasteiger partial charge in [-0.2, -0.15) is 4.98 Å². The minimum atomic E-state index is 0.444. The highest BCUT2D eigenvalue weighted by Gasteiger charge is 2.09. The lowest BCUT2D eigenvalue weighted by molar-refractivity contribution is 0.375. The molecule has 6 heteroatoms. The standard InChI is InChI=1S/C10H13N5O/c1-11-5-2-4-8-14-10(15-16-8)9-12-6-3-7-13-9/h3,6-7,11H,2,4-5H2,1H3. The molecule has 16 heavy (non-hydrogen) atoms. The van der Waals surface area contributed by atoms with E-state index in [1.807, 2.05) is 7.05 Å². The SMILES string of the molecule is CNCCCc1nc(-c2ncccn2)no1. The second-order valence-corrected chi connectivity index (χ2v) is 3.29. The van der Waals surface area contributed by atoms with E-state index in [9.17, 15) is 0 Å².